The zero-order chi connectivity index (χ0) is 23.7. The van der Waals surface area contributed by atoms with E-state index >= 15 is 0 Å². The Labute approximate surface area is 193 Å². The van der Waals surface area contributed by atoms with Crippen LogP contribution in [0.3, 0.4) is 0 Å². The first-order valence-corrected chi connectivity index (χ1v) is 10.6. The van der Waals surface area contributed by atoms with Crippen LogP contribution in [0.2, 0.25) is 0 Å². The van der Waals surface area contributed by atoms with Crippen molar-refractivity contribution < 1.29 is 19.1 Å². The standard InChI is InChI=1S/C27H26N2O4/c1-16-6-10-19(11-7-16)24-25(28-20-14-17(2)8-12-22(20)32-4)27(31)29(26(24)30)21-15-18(3)9-13-23(21)33-5/h6-15,28H,1-5H3. The maximum atomic E-state index is 13.7. The van der Waals surface area contributed by atoms with Gasteiger partial charge in [-0.15, -0.1) is 0 Å². The fraction of sp³-hybridized carbons (Fsp3) is 0.185. The molecule has 168 valence electrons. The fourth-order valence-electron chi connectivity index (χ4n) is 3.88. The second kappa shape index (κ2) is 8.82. The molecular formula is C27H26N2O4. The van der Waals surface area contributed by atoms with Crippen molar-refractivity contribution in [1.82, 2.24) is 0 Å². The van der Waals surface area contributed by atoms with Crippen LogP contribution in [0.5, 0.6) is 11.5 Å². The molecule has 0 radical (unpaired) electrons. The minimum Gasteiger partial charge on any atom is -0.495 e. The smallest absolute Gasteiger partial charge is 0.282 e. The van der Waals surface area contributed by atoms with Gasteiger partial charge in [0.2, 0.25) is 0 Å². The summed E-state index contributed by atoms with van der Waals surface area (Å²) < 4.78 is 10.9. The first-order valence-electron chi connectivity index (χ1n) is 10.6. The molecule has 0 aromatic heterocycles. The number of imide groups is 1. The third-order valence-electron chi connectivity index (χ3n) is 5.61. The molecule has 4 rings (SSSR count). The van der Waals surface area contributed by atoms with Gasteiger partial charge in [-0.3, -0.25) is 9.59 Å². The van der Waals surface area contributed by atoms with Crippen molar-refractivity contribution in [3.8, 4) is 11.5 Å². The summed E-state index contributed by atoms with van der Waals surface area (Å²) in [6.45, 7) is 5.82. The van der Waals surface area contributed by atoms with Crippen LogP contribution >= 0.6 is 0 Å². The molecule has 1 aliphatic heterocycles. The molecule has 0 fully saturated rings. The highest BCUT2D eigenvalue weighted by Gasteiger charge is 2.41. The van der Waals surface area contributed by atoms with Crippen molar-refractivity contribution in [2.45, 2.75) is 20.8 Å². The fourth-order valence-corrected chi connectivity index (χ4v) is 3.88. The Morgan fingerprint density at radius 1 is 0.697 bits per heavy atom. The number of amides is 2. The number of methoxy groups -OCH3 is 2. The monoisotopic (exact) mass is 442 g/mol. The van der Waals surface area contributed by atoms with Crippen LogP contribution in [0.1, 0.15) is 22.3 Å². The Hall–Kier alpha value is -4.06. The average Bonchev–Trinajstić information content (AvgIpc) is 3.04. The van der Waals surface area contributed by atoms with Gasteiger partial charge < -0.3 is 14.8 Å². The number of hydrogen-bond acceptors (Lipinski definition) is 5. The van der Waals surface area contributed by atoms with E-state index in [-0.39, 0.29) is 5.70 Å². The van der Waals surface area contributed by atoms with Crippen LogP contribution in [0.25, 0.3) is 5.57 Å². The van der Waals surface area contributed by atoms with Crippen molar-refractivity contribution in [3.05, 3.63) is 88.6 Å². The molecule has 0 aliphatic carbocycles. The van der Waals surface area contributed by atoms with E-state index in [4.69, 9.17) is 9.47 Å². The lowest BCUT2D eigenvalue weighted by Gasteiger charge is -2.19. The highest BCUT2D eigenvalue weighted by atomic mass is 16.5. The zero-order valence-electron chi connectivity index (χ0n) is 19.4. The number of nitrogens with zero attached hydrogens (tertiary/aromatic N) is 1. The number of benzene rings is 3. The summed E-state index contributed by atoms with van der Waals surface area (Å²) in [7, 11) is 3.08. The van der Waals surface area contributed by atoms with Gasteiger partial charge in [0.25, 0.3) is 11.8 Å². The highest BCUT2D eigenvalue weighted by Crippen LogP contribution is 2.39. The zero-order valence-corrected chi connectivity index (χ0v) is 19.4. The summed E-state index contributed by atoms with van der Waals surface area (Å²) in [5.74, 6) is 0.146. The molecular weight excluding hydrogens is 416 g/mol. The predicted octanol–water partition coefficient (Wildman–Crippen LogP) is 5.03. The van der Waals surface area contributed by atoms with Crippen LogP contribution in [0.4, 0.5) is 11.4 Å². The summed E-state index contributed by atoms with van der Waals surface area (Å²) in [4.78, 5) is 28.6. The summed E-state index contributed by atoms with van der Waals surface area (Å²) in [6.07, 6.45) is 0. The second-order valence-corrected chi connectivity index (χ2v) is 8.07. The molecule has 1 heterocycles. The molecule has 3 aromatic rings. The maximum absolute atomic E-state index is 13.7. The molecule has 2 amide bonds. The van der Waals surface area contributed by atoms with E-state index in [1.807, 2.05) is 69.3 Å². The quantitative estimate of drug-likeness (QED) is 0.543. The Kier molecular flexibility index (Phi) is 5.92. The number of rotatable bonds is 6. The van der Waals surface area contributed by atoms with E-state index in [1.54, 1.807) is 19.2 Å². The van der Waals surface area contributed by atoms with Gasteiger partial charge in [0.1, 0.15) is 17.2 Å². The summed E-state index contributed by atoms with van der Waals surface area (Å²) in [5.41, 5.74) is 5.12. The topological polar surface area (TPSA) is 67.9 Å². The maximum Gasteiger partial charge on any atom is 0.282 e. The molecule has 0 saturated heterocycles. The minimum absolute atomic E-state index is 0.191. The molecule has 33 heavy (non-hydrogen) atoms. The molecule has 0 unspecified atom stereocenters. The Morgan fingerprint density at radius 3 is 1.91 bits per heavy atom. The molecule has 6 heteroatoms. The molecule has 1 N–H and O–H groups in total. The van der Waals surface area contributed by atoms with E-state index in [1.165, 1.54) is 12.0 Å². The first-order chi connectivity index (χ1) is 15.8. The number of ether oxygens (including phenoxy) is 2. The van der Waals surface area contributed by atoms with Gasteiger partial charge in [0, 0.05) is 0 Å². The van der Waals surface area contributed by atoms with Gasteiger partial charge in [-0.1, -0.05) is 42.0 Å². The van der Waals surface area contributed by atoms with Crippen LogP contribution in [-0.4, -0.2) is 26.0 Å². The molecule has 3 aromatic carbocycles. The molecule has 1 aliphatic rings. The van der Waals surface area contributed by atoms with Crippen LogP contribution < -0.4 is 19.7 Å². The van der Waals surface area contributed by atoms with Crippen molar-refractivity contribution in [2.24, 2.45) is 0 Å². The van der Waals surface area contributed by atoms with Crippen molar-refractivity contribution in [2.75, 3.05) is 24.4 Å². The van der Waals surface area contributed by atoms with Gasteiger partial charge in [0.15, 0.2) is 0 Å². The van der Waals surface area contributed by atoms with Gasteiger partial charge in [0.05, 0.1) is 31.2 Å². The second-order valence-electron chi connectivity index (χ2n) is 8.07. The molecule has 0 bridgehead atoms. The predicted molar refractivity (Wildman–Crippen MR) is 130 cm³/mol. The van der Waals surface area contributed by atoms with Gasteiger partial charge in [-0.25, -0.2) is 4.90 Å². The molecule has 0 saturated carbocycles. The first kappa shape index (κ1) is 22.1. The van der Waals surface area contributed by atoms with E-state index in [2.05, 4.69) is 5.32 Å². The van der Waals surface area contributed by atoms with E-state index < -0.39 is 11.8 Å². The number of hydrogen-bond donors (Lipinski definition) is 1. The average molecular weight is 443 g/mol. The number of aryl methyl sites for hydroxylation is 3. The van der Waals surface area contributed by atoms with Crippen molar-refractivity contribution >= 4 is 28.8 Å². The Bertz CT molecular complexity index is 1280. The van der Waals surface area contributed by atoms with E-state index in [0.717, 1.165) is 16.7 Å². The Morgan fingerprint density at radius 2 is 1.27 bits per heavy atom. The van der Waals surface area contributed by atoms with Crippen LogP contribution in [0, 0.1) is 20.8 Å². The molecule has 0 spiro atoms. The van der Waals surface area contributed by atoms with Gasteiger partial charge >= 0.3 is 0 Å². The Balaban J connectivity index is 1.89. The third kappa shape index (κ3) is 4.07. The minimum atomic E-state index is -0.456. The van der Waals surface area contributed by atoms with Gasteiger partial charge in [-0.2, -0.15) is 0 Å². The number of anilines is 2. The van der Waals surface area contributed by atoms with Crippen molar-refractivity contribution in [3.63, 3.8) is 0 Å². The molecule has 0 atom stereocenters. The number of carbonyl (C=O) groups is 2. The lowest BCUT2D eigenvalue weighted by molar-refractivity contribution is -0.120. The lowest BCUT2D eigenvalue weighted by atomic mass is 10.0. The summed E-state index contributed by atoms with van der Waals surface area (Å²) in [6, 6.07) is 18.6. The van der Waals surface area contributed by atoms with E-state index in [0.29, 0.717) is 34.0 Å². The number of carbonyl (C=O) groups excluding carboxylic acids is 2. The van der Waals surface area contributed by atoms with Crippen molar-refractivity contribution in [1.29, 1.82) is 0 Å². The highest BCUT2D eigenvalue weighted by molar-refractivity contribution is 6.46. The SMILES string of the molecule is COc1ccc(C)cc1NC1=C(c2ccc(C)cc2)C(=O)N(c2cc(C)ccc2OC)C1=O. The lowest BCUT2D eigenvalue weighted by Crippen LogP contribution is -2.32. The third-order valence-corrected chi connectivity index (χ3v) is 5.61. The van der Waals surface area contributed by atoms with Crippen LogP contribution in [-0.2, 0) is 9.59 Å². The van der Waals surface area contributed by atoms with Gasteiger partial charge in [-0.05, 0) is 61.7 Å². The van der Waals surface area contributed by atoms with E-state index in [9.17, 15) is 9.59 Å². The number of nitrogens with one attached hydrogen (secondary N) is 1. The summed E-state index contributed by atoms with van der Waals surface area (Å²) >= 11 is 0. The largest absolute Gasteiger partial charge is 0.495 e. The summed E-state index contributed by atoms with van der Waals surface area (Å²) in [5, 5.41) is 3.20. The van der Waals surface area contributed by atoms with Crippen LogP contribution in [0.15, 0.2) is 66.4 Å². The molecule has 6 nitrogen and oxygen atoms in total. The normalized spacial score (nSPS) is 13.5.